The molecule has 0 atom stereocenters. The van der Waals surface area contributed by atoms with Crippen LogP contribution < -0.4 is 10.6 Å². The summed E-state index contributed by atoms with van der Waals surface area (Å²) in [5.74, 6) is 1.76. The van der Waals surface area contributed by atoms with Crippen LogP contribution in [0.25, 0.3) is 0 Å². The Morgan fingerprint density at radius 3 is 2.46 bits per heavy atom. The molecule has 1 heterocycles. The minimum atomic E-state index is 0. The van der Waals surface area contributed by atoms with Gasteiger partial charge in [-0.05, 0) is 38.7 Å². The van der Waals surface area contributed by atoms with Crippen molar-refractivity contribution < 1.29 is 4.52 Å². The Morgan fingerprint density at radius 2 is 1.92 bits per heavy atom. The first kappa shape index (κ1) is 20.7. The molecule has 0 bridgehead atoms. The van der Waals surface area contributed by atoms with Gasteiger partial charge in [0.1, 0.15) is 5.76 Å². The van der Waals surface area contributed by atoms with E-state index in [1.165, 1.54) is 30.4 Å². The molecule has 0 unspecified atom stereocenters. The van der Waals surface area contributed by atoms with Gasteiger partial charge < -0.3 is 15.2 Å². The van der Waals surface area contributed by atoms with Gasteiger partial charge in [0.2, 0.25) is 0 Å². The highest BCUT2D eigenvalue weighted by atomic mass is 127. The van der Waals surface area contributed by atoms with E-state index < -0.39 is 0 Å². The summed E-state index contributed by atoms with van der Waals surface area (Å²) in [7, 11) is 1.82. The molecule has 26 heavy (non-hydrogen) atoms. The maximum atomic E-state index is 5.22. The number of hydrogen-bond donors (Lipinski definition) is 2. The van der Waals surface area contributed by atoms with Crippen LogP contribution >= 0.6 is 24.0 Å². The molecule has 6 heteroatoms. The number of nitrogens with zero attached hydrogens (tertiary/aromatic N) is 2. The molecule has 1 aliphatic carbocycles. The third-order valence-electron chi connectivity index (χ3n) is 5.36. The molecule has 142 valence electrons. The number of guanidine groups is 1. The zero-order chi connectivity index (χ0) is 17.7. The number of aryl methyl sites for hydroxylation is 2. The molecular formula is C20H29IN4O. The molecule has 0 amide bonds. The highest BCUT2D eigenvalue weighted by Crippen LogP contribution is 2.43. The summed E-state index contributed by atoms with van der Waals surface area (Å²) >= 11 is 0. The highest BCUT2D eigenvalue weighted by Gasteiger charge is 2.38. The summed E-state index contributed by atoms with van der Waals surface area (Å²) in [5, 5.41) is 10.9. The summed E-state index contributed by atoms with van der Waals surface area (Å²) < 4.78 is 5.22. The van der Waals surface area contributed by atoms with Crippen LogP contribution in [-0.4, -0.2) is 31.3 Å². The molecule has 0 spiro atoms. The number of rotatable bonds is 6. The van der Waals surface area contributed by atoms with Crippen LogP contribution in [0.1, 0.15) is 41.8 Å². The standard InChI is InChI=1S/C20H28N4O.HI/c1-15-18(16(2)25-24-15)10-13-22-19(21-3)23-14-20(11-7-12-20)17-8-5-4-6-9-17;/h4-6,8-9H,7,10-14H2,1-3H3,(H2,21,22,23);1H. The lowest BCUT2D eigenvalue weighted by molar-refractivity contribution is 0.244. The topological polar surface area (TPSA) is 62.5 Å². The molecule has 0 radical (unpaired) electrons. The van der Waals surface area contributed by atoms with E-state index in [1.807, 2.05) is 20.9 Å². The molecule has 3 rings (SSSR count). The van der Waals surface area contributed by atoms with Gasteiger partial charge in [0.25, 0.3) is 0 Å². The molecule has 1 aromatic carbocycles. The number of hydrogen-bond acceptors (Lipinski definition) is 3. The monoisotopic (exact) mass is 468 g/mol. The number of nitrogens with one attached hydrogen (secondary N) is 2. The van der Waals surface area contributed by atoms with E-state index in [4.69, 9.17) is 4.52 Å². The summed E-state index contributed by atoms with van der Waals surface area (Å²) in [4.78, 5) is 4.36. The van der Waals surface area contributed by atoms with E-state index in [1.54, 1.807) is 0 Å². The first-order chi connectivity index (χ1) is 12.1. The maximum Gasteiger partial charge on any atom is 0.191 e. The number of halogens is 1. The molecule has 1 aromatic heterocycles. The lowest BCUT2D eigenvalue weighted by Gasteiger charge is -2.43. The molecule has 2 N–H and O–H groups in total. The molecule has 1 fully saturated rings. The van der Waals surface area contributed by atoms with E-state index in [0.29, 0.717) is 0 Å². The lowest BCUT2D eigenvalue weighted by atomic mass is 9.64. The van der Waals surface area contributed by atoms with Crippen LogP contribution in [0.3, 0.4) is 0 Å². The van der Waals surface area contributed by atoms with Crippen molar-refractivity contribution >= 4 is 29.9 Å². The third kappa shape index (κ3) is 4.58. The first-order valence-electron chi connectivity index (χ1n) is 9.06. The maximum absolute atomic E-state index is 5.22. The summed E-state index contributed by atoms with van der Waals surface area (Å²) in [6.45, 7) is 5.67. The third-order valence-corrected chi connectivity index (χ3v) is 5.36. The fourth-order valence-corrected chi connectivity index (χ4v) is 3.60. The van der Waals surface area contributed by atoms with E-state index >= 15 is 0 Å². The Hall–Kier alpha value is -1.57. The van der Waals surface area contributed by atoms with Crippen molar-refractivity contribution in [3.8, 4) is 0 Å². The zero-order valence-electron chi connectivity index (χ0n) is 15.8. The lowest BCUT2D eigenvalue weighted by Crippen LogP contribution is -2.49. The van der Waals surface area contributed by atoms with Gasteiger partial charge in [0, 0.05) is 31.1 Å². The van der Waals surface area contributed by atoms with Crippen molar-refractivity contribution in [3.63, 3.8) is 0 Å². The molecule has 0 saturated heterocycles. The van der Waals surface area contributed by atoms with Crippen LogP contribution in [0.2, 0.25) is 0 Å². The van der Waals surface area contributed by atoms with Crippen LogP contribution in [0.4, 0.5) is 0 Å². The largest absolute Gasteiger partial charge is 0.361 e. The second-order valence-electron chi connectivity index (χ2n) is 6.91. The predicted molar refractivity (Wildman–Crippen MR) is 116 cm³/mol. The molecule has 1 aliphatic rings. The van der Waals surface area contributed by atoms with Gasteiger partial charge in [-0.25, -0.2) is 0 Å². The molecule has 1 saturated carbocycles. The van der Waals surface area contributed by atoms with Crippen LogP contribution in [0, 0.1) is 13.8 Å². The van der Waals surface area contributed by atoms with Crippen molar-refractivity contribution in [1.29, 1.82) is 0 Å². The minimum absolute atomic E-state index is 0. The van der Waals surface area contributed by atoms with Gasteiger partial charge in [-0.15, -0.1) is 24.0 Å². The second kappa shape index (κ2) is 9.39. The van der Waals surface area contributed by atoms with Gasteiger partial charge in [0.05, 0.1) is 5.69 Å². The Kier molecular flexibility index (Phi) is 7.49. The van der Waals surface area contributed by atoms with Crippen LogP contribution in [0.15, 0.2) is 39.8 Å². The van der Waals surface area contributed by atoms with E-state index in [0.717, 1.165) is 36.9 Å². The van der Waals surface area contributed by atoms with Gasteiger partial charge in [-0.2, -0.15) is 0 Å². The summed E-state index contributed by atoms with van der Waals surface area (Å²) in [6, 6.07) is 10.8. The fourth-order valence-electron chi connectivity index (χ4n) is 3.60. The molecular weight excluding hydrogens is 439 g/mol. The van der Waals surface area contributed by atoms with Gasteiger partial charge >= 0.3 is 0 Å². The van der Waals surface area contributed by atoms with Crippen molar-refractivity contribution in [3.05, 3.63) is 52.9 Å². The van der Waals surface area contributed by atoms with E-state index in [2.05, 4.69) is 51.1 Å². The van der Waals surface area contributed by atoms with E-state index in [9.17, 15) is 0 Å². The quantitative estimate of drug-likeness (QED) is 0.385. The smallest absolute Gasteiger partial charge is 0.191 e. The molecule has 0 aliphatic heterocycles. The Bertz CT molecular complexity index is 703. The zero-order valence-corrected chi connectivity index (χ0v) is 18.2. The van der Waals surface area contributed by atoms with Crippen molar-refractivity contribution in [1.82, 2.24) is 15.8 Å². The van der Waals surface area contributed by atoms with Gasteiger partial charge in [0.15, 0.2) is 5.96 Å². The number of benzene rings is 1. The van der Waals surface area contributed by atoms with Crippen molar-refractivity contribution in [2.45, 2.75) is 44.9 Å². The van der Waals surface area contributed by atoms with Crippen molar-refractivity contribution in [2.75, 3.05) is 20.1 Å². The Balaban J connectivity index is 0.00000243. The molecule has 2 aromatic rings. The Morgan fingerprint density at radius 1 is 1.19 bits per heavy atom. The van der Waals surface area contributed by atoms with Gasteiger partial charge in [-0.3, -0.25) is 4.99 Å². The fraction of sp³-hybridized carbons (Fsp3) is 0.500. The average molecular weight is 468 g/mol. The normalized spacial score (nSPS) is 15.7. The van der Waals surface area contributed by atoms with Crippen LogP contribution in [0.5, 0.6) is 0 Å². The number of aromatic nitrogens is 1. The van der Waals surface area contributed by atoms with Crippen LogP contribution in [-0.2, 0) is 11.8 Å². The highest BCUT2D eigenvalue weighted by molar-refractivity contribution is 14.0. The average Bonchev–Trinajstić information content (AvgIpc) is 2.92. The summed E-state index contributed by atoms with van der Waals surface area (Å²) in [6.07, 6.45) is 4.65. The number of aliphatic imine (C=N–C) groups is 1. The Labute approximate surface area is 173 Å². The first-order valence-corrected chi connectivity index (χ1v) is 9.06. The van der Waals surface area contributed by atoms with E-state index in [-0.39, 0.29) is 29.4 Å². The SMILES string of the molecule is CN=C(NCCc1c(C)noc1C)NCC1(c2ccccc2)CCC1.I. The van der Waals surface area contributed by atoms with Gasteiger partial charge in [-0.1, -0.05) is 41.9 Å². The molecule has 5 nitrogen and oxygen atoms in total. The summed E-state index contributed by atoms with van der Waals surface area (Å²) in [5.41, 5.74) is 3.84. The minimum Gasteiger partial charge on any atom is -0.361 e. The van der Waals surface area contributed by atoms with Crippen molar-refractivity contribution in [2.24, 2.45) is 4.99 Å². The predicted octanol–water partition coefficient (Wildman–Crippen LogP) is 3.74. The second-order valence-corrected chi connectivity index (χ2v) is 6.91.